The predicted octanol–water partition coefficient (Wildman–Crippen LogP) is 1.80. The van der Waals surface area contributed by atoms with Crippen molar-refractivity contribution in [2.45, 2.75) is 0 Å². The monoisotopic (exact) mass is 267 g/mol. The normalized spacial score (nSPS) is 11.0. The molecule has 0 heterocycles. The number of thiocarbonyl (C=S) groups is 1. The fourth-order valence-electron chi connectivity index (χ4n) is 1.06. The average molecular weight is 267 g/mol. The number of phenolic OH excluding ortho intramolecular Hbond substituents is 1. The third-order valence-electron chi connectivity index (χ3n) is 1.98. The predicted molar refractivity (Wildman–Crippen MR) is 76.3 cm³/mol. The first-order valence-corrected chi connectivity index (χ1v) is 5.75. The van der Waals surface area contributed by atoms with Gasteiger partial charge in [-0.15, -0.1) is 0 Å². The van der Waals surface area contributed by atoms with Crippen LogP contribution in [0.4, 0.5) is 5.69 Å². The molecule has 0 amide bonds. The van der Waals surface area contributed by atoms with Crippen molar-refractivity contribution < 1.29 is 9.84 Å². The maximum atomic E-state index is 9.38. The Hall–Kier alpha value is -1.82. The van der Waals surface area contributed by atoms with Crippen LogP contribution in [-0.4, -0.2) is 54.3 Å². The molecule has 0 aliphatic carbocycles. The number of nitrogens with zero attached hydrogens (tertiary/aromatic N) is 3. The summed E-state index contributed by atoms with van der Waals surface area (Å²) >= 11 is 5.06. The lowest BCUT2D eigenvalue weighted by atomic mass is 10.3. The minimum absolute atomic E-state index is 0.157. The Morgan fingerprint density at radius 1 is 1.22 bits per heavy atom. The Labute approximate surface area is 112 Å². The Bertz CT molecular complexity index is 458. The molecule has 6 heteroatoms. The van der Waals surface area contributed by atoms with E-state index in [1.165, 1.54) is 0 Å². The largest absolute Gasteiger partial charge is 0.508 e. The van der Waals surface area contributed by atoms with Crippen LogP contribution in [0.15, 0.2) is 29.3 Å². The van der Waals surface area contributed by atoms with Gasteiger partial charge in [-0.05, 0) is 24.4 Å². The van der Waals surface area contributed by atoms with Gasteiger partial charge in [0.15, 0.2) is 0 Å². The molecule has 0 atom stereocenters. The molecule has 0 spiro atoms. The van der Waals surface area contributed by atoms with Crippen molar-refractivity contribution in [2.75, 3.05) is 28.2 Å². The molecule has 0 fully saturated rings. The summed E-state index contributed by atoms with van der Waals surface area (Å²) in [7, 11) is 7.20. The summed E-state index contributed by atoms with van der Waals surface area (Å²) in [5, 5.41) is 9.70. The van der Waals surface area contributed by atoms with Gasteiger partial charge in [-0.25, -0.2) is 0 Å². The van der Waals surface area contributed by atoms with Gasteiger partial charge in [-0.2, -0.15) is 4.99 Å². The Balaban J connectivity index is 2.95. The van der Waals surface area contributed by atoms with Crippen molar-refractivity contribution in [1.82, 2.24) is 9.80 Å². The summed E-state index contributed by atoms with van der Waals surface area (Å²) in [6.07, 6.45) is 0. The van der Waals surface area contributed by atoms with E-state index in [9.17, 15) is 5.11 Å². The van der Waals surface area contributed by atoms with Gasteiger partial charge in [0.05, 0.1) is 5.69 Å². The van der Waals surface area contributed by atoms with Crippen LogP contribution in [-0.2, 0) is 4.74 Å². The van der Waals surface area contributed by atoms with Crippen molar-refractivity contribution >= 4 is 29.1 Å². The minimum Gasteiger partial charge on any atom is -0.508 e. The fraction of sp³-hybridized carbons (Fsp3) is 0.333. The van der Waals surface area contributed by atoms with Crippen molar-refractivity contribution in [3.63, 3.8) is 0 Å². The number of ether oxygens (including phenoxy) is 1. The van der Waals surface area contributed by atoms with Crippen LogP contribution in [0, 0.1) is 0 Å². The topological polar surface area (TPSA) is 48.3 Å². The Kier molecular flexibility index (Phi) is 4.91. The number of benzene rings is 1. The van der Waals surface area contributed by atoms with E-state index in [4.69, 9.17) is 17.0 Å². The highest BCUT2D eigenvalue weighted by Gasteiger charge is 2.09. The third kappa shape index (κ3) is 4.21. The maximum Gasteiger partial charge on any atom is 0.299 e. The molecule has 0 unspecified atom stereocenters. The van der Waals surface area contributed by atoms with Crippen LogP contribution in [0.25, 0.3) is 0 Å². The van der Waals surface area contributed by atoms with E-state index in [1.54, 1.807) is 62.3 Å². The summed E-state index contributed by atoms with van der Waals surface area (Å²) in [5.41, 5.74) is 0.597. The molecule has 0 aliphatic heterocycles. The van der Waals surface area contributed by atoms with E-state index < -0.39 is 0 Å². The number of hydrogen-bond acceptors (Lipinski definition) is 4. The molecule has 1 N–H and O–H groups in total. The second kappa shape index (κ2) is 6.20. The van der Waals surface area contributed by atoms with Gasteiger partial charge in [0, 0.05) is 34.3 Å². The second-order valence-electron chi connectivity index (χ2n) is 4.07. The smallest absolute Gasteiger partial charge is 0.299 e. The molecule has 98 valence electrons. The van der Waals surface area contributed by atoms with E-state index >= 15 is 0 Å². The number of aliphatic imine (C=N–C) groups is 1. The maximum absolute atomic E-state index is 9.38. The average Bonchev–Trinajstić information content (AvgIpc) is 2.27. The molecule has 0 radical (unpaired) electrons. The summed E-state index contributed by atoms with van der Waals surface area (Å²) in [6, 6.07) is 6.97. The van der Waals surface area contributed by atoms with Crippen molar-refractivity contribution in [1.29, 1.82) is 0 Å². The van der Waals surface area contributed by atoms with Gasteiger partial charge < -0.3 is 19.6 Å². The highest BCUT2D eigenvalue weighted by Crippen LogP contribution is 2.19. The highest BCUT2D eigenvalue weighted by atomic mass is 32.1. The van der Waals surface area contributed by atoms with Crippen LogP contribution >= 0.6 is 12.2 Å². The first-order valence-electron chi connectivity index (χ1n) is 5.34. The molecule has 0 saturated carbocycles. The summed E-state index contributed by atoms with van der Waals surface area (Å²) < 4.78 is 5.47. The number of hydrogen-bond donors (Lipinski definition) is 1. The standard InChI is InChI=1S/C12H17N3O2S/c1-14(2)11(17-12(18)15(3)4)13-9-6-5-7-10(16)8-9/h5-8,16H,1-4H3. The lowest BCUT2D eigenvalue weighted by molar-refractivity contribution is 0.379. The van der Waals surface area contributed by atoms with Gasteiger partial charge in [0.2, 0.25) is 0 Å². The van der Waals surface area contributed by atoms with Gasteiger partial charge in [-0.3, -0.25) is 0 Å². The number of aromatic hydroxyl groups is 1. The number of phenols is 1. The van der Waals surface area contributed by atoms with Gasteiger partial charge in [0.25, 0.3) is 11.2 Å². The highest BCUT2D eigenvalue weighted by molar-refractivity contribution is 7.80. The van der Waals surface area contributed by atoms with E-state index in [2.05, 4.69) is 4.99 Å². The van der Waals surface area contributed by atoms with Crippen LogP contribution in [0.5, 0.6) is 5.75 Å². The zero-order chi connectivity index (χ0) is 13.7. The van der Waals surface area contributed by atoms with Crippen LogP contribution in [0.1, 0.15) is 0 Å². The Morgan fingerprint density at radius 2 is 1.89 bits per heavy atom. The van der Waals surface area contributed by atoms with Crippen molar-refractivity contribution in [3.8, 4) is 5.75 Å². The van der Waals surface area contributed by atoms with Gasteiger partial charge >= 0.3 is 0 Å². The lowest BCUT2D eigenvalue weighted by Gasteiger charge is -2.19. The molecular formula is C12H17N3O2S. The quantitative estimate of drug-likeness (QED) is 0.478. The first-order chi connectivity index (χ1) is 8.40. The Morgan fingerprint density at radius 3 is 2.39 bits per heavy atom. The molecular weight excluding hydrogens is 250 g/mol. The van der Waals surface area contributed by atoms with Gasteiger partial charge in [-0.1, -0.05) is 6.07 Å². The van der Waals surface area contributed by atoms with E-state index in [0.29, 0.717) is 16.9 Å². The molecule has 5 nitrogen and oxygen atoms in total. The molecule has 1 rings (SSSR count). The molecule has 1 aromatic carbocycles. The first kappa shape index (κ1) is 14.2. The molecule has 0 aliphatic rings. The van der Waals surface area contributed by atoms with E-state index in [1.807, 2.05) is 0 Å². The molecule has 0 aromatic heterocycles. The minimum atomic E-state index is 0.157. The third-order valence-corrected chi connectivity index (χ3v) is 2.43. The number of amidine groups is 1. The van der Waals surface area contributed by atoms with Crippen molar-refractivity contribution in [2.24, 2.45) is 4.99 Å². The summed E-state index contributed by atoms with van der Waals surface area (Å²) in [4.78, 5) is 7.67. The number of rotatable bonds is 1. The molecule has 0 bridgehead atoms. The van der Waals surface area contributed by atoms with Crippen LogP contribution < -0.4 is 0 Å². The molecule has 0 saturated heterocycles. The second-order valence-corrected chi connectivity index (χ2v) is 4.42. The van der Waals surface area contributed by atoms with Crippen LogP contribution in [0.2, 0.25) is 0 Å². The van der Waals surface area contributed by atoms with Crippen LogP contribution in [0.3, 0.4) is 0 Å². The molecule has 1 aromatic rings. The molecule has 18 heavy (non-hydrogen) atoms. The summed E-state index contributed by atoms with van der Waals surface area (Å²) in [5.74, 6) is 0.157. The lowest BCUT2D eigenvalue weighted by Crippen LogP contribution is -2.32. The fourth-order valence-corrected chi connectivity index (χ4v) is 1.13. The van der Waals surface area contributed by atoms with E-state index in [-0.39, 0.29) is 5.75 Å². The van der Waals surface area contributed by atoms with E-state index in [0.717, 1.165) is 0 Å². The SMILES string of the molecule is CN(C)C(=S)OC(=Nc1cccc(O)c1)N(C)C. The zero-order valence-electron chi connectivity index (χ0n) is 10.9. The summed E-state index contributed by atoms with van der Waals surface area (Å²) in [6.45, 7) is 0. The van der Waals surface area contributed by atoms with Crippen molar-refractivity contribution in [3.05, 3.63) is 24.3 Å². The zero-order valence-corrected chi connectivity index (χ0v) is 11.7. The van der Waals surface area contributed by atoms with Gasteiger partial charge in [0.1, 0.15) is 5.75 Å².